The fourth-order valence-electron chi connectivity index (χ4n) is 1.76. The van der Waals surface area contributed by atoms with Crippen LogP contribution in [0.1, 0.15) is 12.7 Å². The van der Waals surface area contributed by atoms with E-state index in [0.29, 0.717) is 5.39 Å². The molecule has 0 unspecified atom stereocenters. The number of hydrogen-bond donors (Lipinski definition) is 3. The quantitative estimate of drug-likeness (QED) is 0.593. The van der Waals surface area contributed by atoms with Crippen LogP contribution in [0.15, 0.2) is 59.8 Å². The molecule has 0 atom stereocenters. The number of benzene rings is 2. The van der Waals surface area contributed by atoms with Crippen LogP contribution in [-0.2, 0) is 10.1 Å². The lowest BCUT2D eigenvalue weighted by molar-refractivity contribution is 0.318. The summed E-state index contributed by atoms with van der Waals surface area (Å²) in [6.07, 6.45) is 3.53. The number of nitrogens with zero attached hydrogens (tertiary/aromatic N) is 1. The van der Waals surface area contributed by atoms with Crippen LogP contribution in [0.2, 0.25) is 0 Å². The summed E-state index contributed by atoms with van der Waals surface area (Å²) in [6.45, 7) is 3.85. The van der Waals surface area contributed by atoms with Gasteiger partial charge in [0.15, 0.2) is 0 Å². The first-order valence-electron chi connectivity index (χ1n) is 6.92. The molecule has 1 heterocycles. The maximum Gasteiger partial charge on any atom is 0.295 e. The third kappa shape index (κ3) is 6.19. The lowest BCUT2D eigenvalue weighted by Gasteiger charge is -2.02. The van der Waals surface area contributed by atoms with Gasteiger partial charge in [-0.05, 0) is 25.3 Å². The maximum atomic E-state index is 11.0. The third-order valence-corrected chi connectivity index (χ3v) is 3.57. The van der Waals surface area contributed by atoms with Crippen LogP contribution in [0.25, 0.3) is 10.8 Å². The second-order valence-electron chi connectivity index (χ2n) is 4.44. The topological polar surface area (TPSA) is 103 Å². The molecule has 23 heavy (non-hydrogen) atoms. The fourth-order valence-corrected chi connectivity index (χ4v) is 2.48. The van der Waals surface area contributed by atoms with Crippen LogP contribution in [0, 0.1) is 6.92 Å². The Morgan fingerprint density at radius 1 is 1.13 bits per heavy atom. The molecule has 0 aliphatic rings. The molecule has 0 fully saturated rings. The lowest BCUT2D eigenvalue weighted by Crippen LogP contribution is -1.98. The highest BCUT2D eigenvalue weighted by atomic mass is 32.2. The standard InChI is InChI=1S/C10H8O3S.C4H6N2.C2H6O/c11-14(12,13)10-7-3-5-8-4-1-2-6-9(8)10;1-4-5-2-3-6-4;1-2-3/h1-7H,(H,11,12,13);2-3H,1H3,(H,5,6);3H,2H2,1H3. The van der Waals surface area contributed by atoms with Gasteiger partial charge in [0.25, 0.3) is 10.1 Å². The first-order chi connectivity index (χ1) is 10.9. The summed E-state index contributed by atoms with van der Waals surface area (Å²) in [7, 11) is -4.13. The van der Waals surface area contributed by atoms with Gasteiger partial charge in [-0.25, -0.2) is 4.98 Å². The molecule has 7 heteroatoms. The van der Waals surface area contributed by atoms with Crippen molar-refractivity contribution in [3.8, 4) is 0 Å². The van der Waals surface area contributed by atoms with E-state index >= 15 is 0 Å². The van der Waals surface area contributed by atoms with Gasteiger partial charge < -0.3 is 10.1 Å². The number of H-pyrrole nitrogens is 1. The van der Waals surface area contributed by atoms with E-state index in [1.165, 1.54) is 6.07 Å². The molecule has 2 aromatic carbocycles. The highest BCUT2D eigenvalue weighted by Crippen LogP contribution is 2.21. The van der Waals surface area contributed by atoms with Crippen LogP contribution in [0.3, 0.4) is 0 Å². The number of aromatic nitrogens is 2. The second-order valence-corrected chi connectivity index (χ2v) is 5.83. The van der Waals surface area contributed by atoms with Gasteiger partial charge in [-0.15, -0.1) is 0 Å². The molecule has 3 aromatic rings. The summed E-state index contributed by atoms with van der Waals surface area (Å²) < 4.78 is 31.0. The van der Waals surface area contributed by atoms with Gasteiger partial charge in [0.1, 0.15) is 10.7 Å². The minimum atomic E-state index is -4.13. The van der Waals surface area contributed by atoms with Crippen LogP contribution < -0.4 is 0 Å². The lowest BCUT2D eigenvalue weighted by atomic mass is 10.1. The van der Waals surface area contributed by atoms with Gasteiger partial charge in [0, 0.05) is 24.4 Å². The zero-order valence-electron chi connectivity index (χ0n) is 13.0. The highest BCUT2D eigenvalue weighted by Gasteiger charge is 2.12. The van der Waals surface area contributed by atoms with Crippen LogP contribution in [-0.4, -0.2) is 34.7 Å². The molecule has 0 radical (unpaired) electrons. The number of aliphatic hydroxyl groups is 1. The van der Waals surface area contributed by atoms with Gasteiger partial charge in [-0.2, -0.15) is 8.42 Å². The van der Waals surface area contributed by atoms with Crippen molar-refractivity contribution in [2.75, 3.05) is 6.61 Å². The van der Waals surface area contributed by atoms with Crippen molar-refractivity contribution in [2.45, 2.75) is 18.7 Å². The number of hydrogen-bond acceptors (Lipinski definition) is 4. The van der Waals surface area contributed by atoms with Crippen LogP contribution in [0.4, 0.5) is 0 Å². The highest BCUT2D eigenvalue weighted by molar-refractivity contribution is 7.86. The van der Waals surface area contributed by atoms with Crippen molar-refractivity contribution >= 4 is 20.9 Å². The van der Waals surface area contributed by atoms with Gasteiger partial charge in [0.2, 0.25) is 0 Å². The van der Waals surface area contributed by atoms with E-state index in [9.17, 15) is 8.42 Å². The SMILES string of the molecule is CCO.Cc1ncc[nH]1.O=S(=O)(O)c1cccc2ccccc12. The summed E-state index contributed by atoms with van der Waals surface area (Å²) in [5, 5.41) is 8.90. The Bertz CT molecular complexity index is 810. The summed E-state index contributed by atoms with van der Waals surface area (Å²) in [5.41, 5.74) is 0. The first-order valence-corrected chi connectivity index (χ1v) is 8.36. The minimum Gasteiger partial charge on any atom is -0.397 e. The second kappa shape index (κ2) is 9.04. The smallest absolute Gasteiger partial charge is 0.295 e. The number of rotatable bonds is 1. The molecule has 0 aliphatic carbocycles. The van der Waals surface area contributed by atoms with Crippen molar-refractivity contribution in [1.29, 1.82) is 0 Å². The molecule has 0 spiro atoms. The predicted molar refractivity (Wildman–Crippen MR) is 89.8 cm³/mol. The molecule has 124 valence electrons. The molecule has 0 aliphatic heterocycles. The van der Waals surface area contributed by atoms with E-state index in [4.69, 9.17) is 9.66 Å². The summed E-state index contributed by atoms with van der Waals surface area (Å²) in [6, 6.07) is 11.8. The molecular formula is C16H20N2O4S. The normalized spacial score (nSPS) is 10.3. The van der Waals surface area contributed by atoms with E-state index in [0.717, 1.165) is 11.2 Å². The summed E-state index contributed by atoms with van der Waals surface area (Å²) >= 11 is 0. The number of nitrogens with one attached hydrogen (secondary N) is 1. The monoisotopic (exact) mass is 336 g/mol. The zero-order chi connectivity index (χ0) is 17.3. The predicted octanol–water partition coefficient (Wildman–Crippen LogP) is 2.80. The van der Waals surface area contributed by atoms with Gasteiger partial charge in [-0.3, -0.25) is 4.55 Å². The molecule has 3 N–H and O–H groups in total. The summed E-state index contributed by atoms with van der Waals surface area (Å²) in [4.78, 5) is 6.70. The number of fused-ring (bicyclic) bond motifs is 1. The van der Waals surface area contributed by atoms with Gasteiger partial charge in [0.05, 0.1) is 0 Å². The zero-order valence-corrected chi connectivity index (χ0v) is 13.8. The molecule has 0 bridgehead atoms. The molecule has 6 nitrogen and oxygen atoms in total. The van der Waals surface area contributed by atoms with Crippen molar-refractivity contribution < 1.29 is 18.1 Å². The summed E-state index contributed by atoms with van der Waals surface area (Å²) in [5.74, 6) is 0.968. The Morgan fingerprint density at radius 3 is 2.22 bits per heavy atom. The Kier molecular flexibility index (Phi) is 7.40. The molecule has 0 saturated heterocycles. The van der Waals surface area contributed by atoms with Crippen molar-refractivity contribution in [3.05, 3.63) is 60.7 Å². The minimum absolute atomic E-state index is 0.0457. The molecule has 3 rings (SSSR count). The van der Waals surface area contributed by atoms with Crippen molar-refractivity contribution in [3.63, 3.8) is 0 Å². The molecule has 1 aromatic heterocycles. The number of aryl methyl sites for hydroxylation is 1. The Labute approximate surface area is 135 Å². The van der Waals surface area contributed by atoms with Gasteiger partial charge >= 0.3 is 0 Å². The van der Waals surface area contributed by atoms with E-state index < -0.39 is 10.1 Å². The fraction of sp³-hybridized carbons (Fsp3) is 0.188. The molecule has 0 saturated carbocycles. The van der Waals surface area contributed by atoms with E-state index in [2.05, 4.69) is 9.97 Å². The Balaban J connectivity index is 0.000000244. The Hall–Kier alpha value is -2.22. The van der Waals surface area contributed by atoms with Crippen LogP contribution >= 0.6 is 0 Å². The maximum absolute atomic E-state index is 11.0. The average Bonchev–Trinajstić information content (AvgIpc) is 2.98. The van der Waals surface area contributed by atoms with Crippen molar-refractivity contribution in [2.24, 2.45) is 0 Å². The van der Waals surface area contributed by atoms with E-state index in [1.54, 1.807) is 49.6 Å². The largest absolute Gasteiger partial charge is 0.397 e. The van der Waals surface area contributed by atoms with Crippen LogP contribution in [0.5, 0.6) is 0 Å². The average molecular weight is 336 g/mol. The van der Waals surface area contributed by atoms with Crippen molar-refractivity contribution in [1.82, 2.24) is 9.97 Å². The molecular weight excluding hydrogens is 316 g/mol. The first kappa shape index (κ1) is 18.8. The van der Waals surface area contributed by atoms with E-state index in [-0.39, 0.29) is 11.5 Å². The van der Waals surface area contributed by atoms with Gasteiger partial charge in [-0.1, -0.05) is 36.4 Å². The molecule has 0 amide bonds. The number of aliphatic hydroxyl groups excluding tert-OH is 1. The number of imidazole rings is 1. The Morgan fingerprint density at radius 2 is 1.74 bits per heavy atom. The number of aromatic amines is 1. The van der Waals surface area contributed by atoms with E-state index in [1.807, 2.05) is 13.0 Å². The third-order valence-electron chi connectivity index (χ3n) is 2.66.